The van der Waals surface area contributed by atoms with Crippen LogP contribution in [0, 0.1) is 11.8 Å². The second kappa shape index (κ2) is 6.35. The molecule has 0 saturated carbocycles. The normalized spacial score (nSPS) is 10.5. The molecule has 22 heavy (non-hydrogen) atoms. The zero-order valence-electron chi connectivity index (χ0n) is 11.7. The number of halogens is 3. The Balaban J connectivity index is 2.33. The number of amides is 1. The molecule has 112 valence electrons. The predicted octanol–water partition coefficient (Wildman–Crippen LogP) is 4.33. The highest BCUT2D eigenvalue weighted by Crippen LogP contribution is 2.33. The molecule has 0 aliphatic rings. The second-order valence-electron chi connectivity index (χ2n) is 4.45. The van der Waals surface area contributed by atoms with E-state index >= 15 is 0 Å². The number of anilines is 1. The summed E-state index contributed by atoms with van der Waals surface area (Å²) in [5.41, 5.74) is -0.545. The topological polar surface area (TPSA) is 29.1 Å². The minimum atomic E-state index is -4.54. The van der Waals surface area contributed by atoms with Crippen LogP contribution in [0.1, 0.15) is 28.4 Å². The molecule has 2 rings (SSSR count). The molecule has 0 heterocycles. The van der Waals surface area contributed by atoms with Gasteiger partial charge in [0.15, 0.2) is 0 Å². The van der Waals surface area contributed by atoms with Gasteiger partial charge in [0.05, 0.1) is 5.56 Å². The van der Waals surface area contributed by atoms with Crippen molar-refractivity contribution in [1.82, 2.24) is 0 Å². The Morgan fingerprint density at radius 2 is 1.77 bits per heavy atom. The van der Waals surface area contributed by atoms with Crippen LogP contribution < -0.4 is 5.32 Å². The third-order valence-corrected chi connectivity index (χ3v) is 2.88. The lowest BCUT2D eigenvalue weighted by Gasteiger charge is -2.12. The van der Waals surface area contributed by atoms with E-state index in [1.165, 1.54) is 19.1 Å². The van der Waals surface area contributed by atoms with Gasteiger partial charge in [-0.05, 0) is 37.3 Å². The molecule has 0 aliphatic carbocycles. The molecule has 1 amide bonds. The molecule has 0 saturated heterocycles. The van der Waals surface area contributed by atoms with Crippen molar-refractivity contribution in [2.45, 2.75) is 13.1 Å². The summed E-state index contributed by atoms with van der Waals surface area (Å²) in [6.45, 7) is 1.46. The molecule has 0 aromatic heterocycles. The van der Waals surface area contributed by atoms with Crippen LogP contribution in [0.25, 0.3) is 0 Å². The van der Waals surface area contributed by atoms with E-state index in [1.807, 2.05) is 0 Å². The first-order valence-electron chi connectivity index (χ1n) is 6.42. The summed E-state index contributed by atoms with van der Waals surface area (Å²) in [5, 5.41) is 2.45. The number of hydrogen-bond acceptors (Lipinski definition) is 1. The highest BCUT2D eigenvalue weighted by molar-refractivity contribution is 6.04. The number of nitrogens with one attached hydrogen (secondary N) is 1. The van der Waals surface area contributed by atoms with Crippen molar-refractivity contribution in [3.63, 3.8) is 0 Å². The summed E-state index contributed by atoms with van der Waals surface area (Å²) in [6.07, 6.45) is -4.54. The number of carbonyl (C=O) groups is 1. The molecular weight excluding hydrogens is 291 g/mol. The first kappa shape index (κ1) is 15.6. The van der Waals surface area contributed by atoms with Gasteiger partial charge >= 0.3 is 6.18 Å². The molecule has 0 atom stereocenters. The van der Waals surface area contributed by atoms with Crippen LogP contribution in [0.3, 0.4) is 0 Å². The lowest BCUT2D eigenvalue weighted by atomic mass is 10.1. The standard InChI is InChI=1S/C17H12F3NO/c1-2-6-12-9-10-14(11-15(12)17(18,19)20)21-16(22)13-7-4-3-5-8-13/h3-5,7-11H,1H3,(H,21,22). The molecule has 2 aromatic rings. The Morgan fingerprint density at radius 3 is 2.36 bits per heavy atom. The molecule has 2 nitrogen and oxygen atoms in total. The summed E-state index contributed by atoms with van der Waals surface area (Å²) < 4.78 is 39.1. The molecule has 0 fully saturated rings. The van der Waals surface area contributed by atoms with E-state index in [-0.39, 0.29) is 11.3 Å². The smallest absolute Gasteiger partial charge is 0.322 e. The predicted molar refractivity (Wildman–Crippen MR) is 78.4 cm³/mol. The van der Waals surface area contributed by atoms with Gasteiger partial charge in [0.1, 0.15) is 0 Å². The van der Waals surface area contributed by atoms with E-state index in [0.29, 0.717) is 5.56 Å². The highest BCUT2D eigenvalue weighted by Gasteiger charge is 2.33. The summed E-state index contributed by atoms with van der Waals surface area (Å²) in [4.78, 5) is 12.0. The van der Waals surface area contributed by atoms with Gasteiger partial charge in [-0.25, -0.2) is 0 Å². The zero-order valence-corrected chi connectivity index (χ0v) is 11.7. The lowest BCUT2D eigenvalue weighted by molar-refractivity contribution is -0.137. The Bertz CT molecular complexity index is 740. The third kappa shape index (κ3) is 3.67. The maximum atomic E-state index is 13.0. The summed E-state index contributed by atoms with van der Waals surface area (Å²) in [6, 6.07) is 11.8. The summed E-state index contributed by atoms with van der Waals surface area (Å²) in [7, 11) is 0. The van der Waals surface area contributed by atoms with E-state index in [1.54, 1.807) is 30.3 Å². The summed E-state index contributed by atoms with van der Waals surface area (Å²) in [5.74, 6) is 4.39. The van der Waals surface area contributed by atoms with Gasteiger partial charge in [-0.3, -0.25) is 4.79 Å². The van der Waals surface area contributed by atoms with Gasteiger partial charge < -0.3 is 5.32 Å². The fourth-order valence-electron chi connectivity index (χ4n) is 1.89. The fraction of sp³-hybridized carbons (Fsp3) is 0.118. The average Bonchev–Trinajstić information content (AvgIpc) is 2.49. The van der Waals surface area contributed by atoms with Gasteiger partial charge in [0, 0.05) is 16.8 Å². The van der Waals surface area contributed by atoms with E-state index in [4.69, 9.17) is 0 Å². The first-order chi connectivity index (χ1) is 10.4. The van der Waals surface area contributed by atoms with Crippen molar-refractivity contribution in [3.8, 4) is 11.8 Å². The molecule has 2 aromatic carbocycles. The molecule has 1 N–H and O–H groups in total. The van der Waals surface area contributed by atoms with E-state index in [2.05, 4.69) is 17.2 Å². The Kier molecular flexibility index (Phi) is 4.52. The van der Waals surface area contributed by atoms with E-state index in [9.17, 15) is 18.0 Å². The molecule has 0 spiro atoms. The van der Waals surface area contributed by atoms with Crippen molar-refractivity contribution >= 4 is 11.6 Å². The maximum Gasteiger partial charge on any atom is 0.417 e. The second-order valence-corrected chi connectivity index (χ2v) is 4.45. The minimum Gasteiger partial charge on any atom is -0.322 e. The number of hydrogen-bond donors (Lipinski definition) is 1. The Morgan fingerprint density at radius 1 is 1.09 bits per heavy atom. The average molecular weight is 303 g/mol. The number of benzene rings is 2. The number of alkyl halides is 3. The van der Waals surface area contributed by atoms with Crippen LogP contribution in [0.4, 0.5) is 18.9 Å². The zero-order chi connectivity index (χ0) is 16.2. The van der Waals surface area contributed by atoms with Crippen molar-refractivity contribution in [1.29, 1.82) is 0 Å². The van der Waals surface area contributed by atoms with Crippen LogP contribution in [0.2, 0.25) is 0 Å². The van der Waals surface area contributed by atoms with Crippen molar-refractivity contribution in [2.75, 3.05) is 5.32 Å². The van der Waals surface area contributed by atoms with Crippen molar-refractivity contribution in [3.05, 3.63) is 65.2 Å². The van der Waals surface area contributed by atoms with Gasteiger partial charge in [0.2, 0.25) is 0 Å². The van der Waals surface area contributed by atoms with Gasteiger partial charge in [0.25, 0.3) is 5.91 Å². The molecule has 0 unspecified atom stereocenters. The lowest BCUT2D eigenvalue weighted by Crippen LogP contribution is -2.14. The maximum absolute atomic E-state index is 13.0. The van der Waals surface area contributed by atoms with Gasteiger partial charge in [-0.15, -0.1) is 5.92 Å². The molecule has 5 heteroatoms. The molecule has 0 radical (unpaired) electrons. The first-order valence-corrected chi connectivity index (χ1v) is 6.42. The molecule has 0 bridgehead atoms. The van der Waals surface area contributed by atoms with Gasteiger partial charge in [-0.1, -0.05) is 24.1 Å². The summed E-state index contributed by atoms with van der Waals surface area (Å²) >= 11 is 0. The van der Waals surface area contributed by atoms with Crippen LogP contribution in [0.15, 0.2) is 48.5 Å². The number of carbonyl (C=O) groups excluding carboxylic acids is 1. The fourth-order valence-corrected chi connectivity index (χ4v) is 1.89. The minimum absolute atomic E-state index is 0.0721. The van der Waals surface area contributed by atoms with Crippen molar-refractivity contribution < 1.29 is 18.0 Å². The third-order valence-electron chi connectivity index (χ3n) is 2.88. The van der Waals surface area contributed by atoms with Crippen molar-refractivity contribution in [2.24, 2.45) is 0 Å². The van der Waals surface area contributed by atoms with Crippen LogP contribution in [-0.2, 0) is 6.18 Å². The van der Waals surface area contributed by atoms with Gasteiger partial charge in [-0.2, -0.15) is 13.2 Å². The molecule has 0 aliphatic heterocycles. The van der Waals surface area contributed by atoms with E-state index < -0.39 is 17.6 Å². The van der Waals surface area contributed by atoms with Crippen LogP contribution >= 0.6 is 0 Å². The number of rotatable bonds is 2. The van der Waals surface area contributed by atoms with Crippen LogP contribution in [-0.4, -0.2) is 5.91 Å². The molecular formula is C17H12F3NO. The SMILES string of the molecule is CC#Cc1ccc(NC(=O)c2ccccc2)cc1C(F)(F)F. The van der Waals surface area contributed by atoms with E-state index in [0.717, 1.165) is 6.07 Å². The Labute approximate surface area is 126 Å². The Hall–Kier alpha value is -2.74. The highest BCUT2D eigenvalue weighted by atomic mass is 19.4. The largest absolute Gasteiger partial charge is 0.417 e. The monoisotopic (exact) mass is 303 g/mol. The van der Waals surface area contributed by atoms with Crippen LogP contribution in [0.5, 0.6) is 0 Å². The quantitative estimate of drug-likeness (QED) is 0.822.